The van der Waals surface area contributed by atoms with Crippen LogP contribution in [0.3, 0.4) is 0 Å². The maximum absolute atomic E-state index is 12.6. The van der Waals surface area contributed by atoms with Crippen molar-refractivity contribution in [3.05, 3.63) is 64.7 Å². The van der Waals surface area contributed by atoms with Gasteiger partial charge in [-0.1, -0.05) is 33.8 Å². The molecule has 0 heterocycles. The lowest BCUT2D eigenvalue weighted by atomic mass is 9.63. The van der Waals surface area contributed by atoms with Crippen LogP contribution in [0.5, 0.6) is 5.75 Å². The first-order valence-corrected chi connectivity index (χ1v) is 8.87. The highest BCUT2D eigenvalue weighted by Gasteiger charge is 2.37. The number of amides is 1. The van der Waals surface area contributed by atoms with Crippen molar-refractivity contribution in [3.63, 3.8) is 0 Å². The van der Waals surface area contributed by atoms with Gasteiger partial charge in [-0.3, -0.25) is 4.79 Å². The van der Waals surface area contributed by atoms with Crippen molar-refractivity contribution in [3.8, 4) is 5.75 Å². The number of carbonyl (C=O) groups is 2. The topological polar surface area (TPSA) is 69.4 Å². The second kappa shape index (κ2) is 6.27. The molecule has 0 bridgehead atoms. The molecule has 136 valence electrons. The Morgan fingerprint density at radius 2 is 1.38 bits per heavy atom. The second-order valence-corrected chi connectivity index (χ2v) is 8.31. The Hall–Kier alpha value is -2.62. The largest absolute Gasteiger partial charge is 0.423 e. The lowest BCUT2D eigenvalue weighted by Crippen LogP contribution is -2.34. The molecule has 1 aliphatic rings. The number of benzene rings is 2. The monoisotopic (exact) mass is 351 g/mol. The lowest BCUT2D eigenvalue weighted by Gasteiger charge is -2.41. The third-order valence-corrected chi connectivity index (χ3v) is 5.44. The van der Waals surface area contributed by atoms with Crippen LogP contribution < -0.4 is 10.5 Å². The van der Waals surface area contributed by atoms with E-state index in [1.807, 2.05) is 12.1 Å². The Kier molecular flexibility index (Phi) is 4.39. The fourth-order valence-corrected chi connectivity index (χ4v) is 3.57. The van der Waals surface area contributed by atoms with Gasteiger partial charge in [0.15, 0.2) is 0 Å². The highest BCUT2D eigenvalue weighted by atomic mass is 16.5. The van der Waals surface area contributed by atoms with Gasteiger partial charge in [0, 0.05) is 5.56 Å². The summed E-state index contributed by atoms with van der Waals surface area (Å²) in [5.74, 6) is -0.529. The van der Waals surface area contributed by atoms with Crippen molar-refractivity contribution in [1.29, 1.82) is 0 Å². The summed E-state index contributed by atoms with van der Waals surface area (Å²) in [6.45, 7) is 8.94. The van der Waals surface area contributed by atoms with E-state index in [0.29, 0.717) is 16.9 Å². The van der Waals surface area contributed by atoms with Crippen LogP contribution in [0.2, 0.25) is 0 Å². The SMILES string of the molecule is CC1(C)CCC(C)(C)c2cc(C(=O)Oc3ccc(C(N)=O)cc3)ccc21. The number of hydrogen-bond acceptors (Lipinski definition) is 3. The van der Waals surface area contributed by atoms with Crippen molar-refractivity contribution in [1.82, 2.24) is 0 Å². The maximum atomic E-state index is 12.6. The van der Waals surface area contributed by atoms with E-state index >= 15 is 0 Å². The fourth-order valence-electron chi connectivity index (χ4n) is 3.57. The molecule has 0 atom stereocenters. The number of fused-ring (bicyclic) bond motifs is 1. The van der Waals surface area contributed by atoms with E-state index in [-0.39, 0.29) is 10.8 Å². The van der Waals surface area contributed by atoms with Gasteiger partial charge in [0.25, 0.3) is 0 Å². The highest BCUT2D eigenvalue weighted by molar-refractivity contribution is 5.93. The maximum Gasteiger partial charge on any atom is 0.343 e. The third-order valence-electron chi connectivity index (χ3n) is 5.44. The quantitative estimate of drug-likeness (QED) is 0.660. The Balaban J connectivity index is 1.88. The summed E-state index contributed by atoms with van der Waals surface area (Å²) in [5, 5.41) is 0. The summed E-state index contributed by atoms with van der Waals surface area (Å²) in [6.07, 6.45) is 2.21. The molecule has 0 spiro atoms. The minimum absolute atomic E-state index is 0.0320. The van der Waals surface area contributed by atoms with E-state index in [1.165, 1.54) is 11.1 Å². The molecule has 0 aliphatic heterocycles. The van der Waals surface area contributed by atoms with Gasteiger partial charge in [0.2, 0.25) is 5.91 Å². The van der Waals surface area contributed by atoms with Crippen LogP contribution in [0.4, 0.5) is 0 Å². The van der Waals surface area contributed by atoms with E-state index in [2.05, 4.69) is 33.8 Å². The fraction of sp³-hybridized carbons (Fsp3) is 0.364. The predicted octanol–water partition coefficient (Wildman–Crippen LogP) is 4.35. The highest BCUT2D eigenvalue weighted by Crippen LogP contribution is 2.45. The molecule has 3 rings (SSSR count). The number of ether oxygens (including phenoxy) is 1. The molecular weight excluding hydrogens is 326 g/mol. The number of rotatable bonds is 3. The van der Waals surface area contributed by atoms with Gasteiger partial charge in [-0.2, -0.15) is 0 Å². The van der Waals surface area contributed by atoms with E-state index in [4.69, 9.17) is 10.5 Å². The molecular formula is C22H25NO3. The van der Waals surface area contributed by atoms with Crippen LogP contribution in [0.25, 0.3) is 0 Å². The van der Waals surface area contributed by atoms with Gasteiger partial charge in [0.1, 0.15) is 5.75 Å². The van der Waals surface area contributed by atoms with E-state index in [0.717, 1.165) is 12.8 Å². The molecule has 2 N–H and O–H groups in total. The second-order valence-electron chi connectivity index (χ2n) is 8.31. The molecule has 2 aromatic rings. The van der Waals surface area contributed by atoms with Crippen molar-refractivity contribution >= 4 is 11.9 Å². The third kappa shape index (κ3) is 3.36. The lowest BCUT2D eigenvalue weighted by molar-refractivity contribution is 0.0734. The number of esters is 1. The molecule has 0 aromatic heterocycles. The summed E-state index contributed by atoms with van der Waals surface area (Å²) in [4.78, 5) is 23.7. The first kappa shape index (κ1) is 18.2. The molecule has 0 unspecified atom stereocenters. The number of carbonyl (C=O) groups excluding carboxylic acids is 2. The molecule has 1 aliphatic carbocycles. The van der Waals surface area contributed by atoms with Crippen molar-refractivity contribution < 1.29 is 14.3 Å². The van der Waals surface area contributed by atoms with Crippen LogP contribution in [0.15, 0.2) is 42.5 Å². The van der Waals surface area contributed by atoms with E-state index in [9.17, 15) is 9.59 Å². The predicted molar refractivity (Wildman–Crippen MR) is 102 cm³/mol. The van der Waals surface area contributed by atoms with Crippen LogP contribution in [-0.2, 0) is 10.8 Å². The van der Waals surface area contributed by atoms with Gasteiger partial charge >= 0.3 is 5.97 Å². The Bertz CT molecular complexity index is 863. The molecule has 0 fully saturated rings. The van der Waals surface area contributed by atoms with Crippen LogP contribution in [-0.4, -0.2) is 11.9 Å². The number of nitrogens with two attached hydrogens (primary N) is 1. The summed E-state index contributed by atoms with van der Waals surface area (Å²) >= 11 is 0. The molecule has 26 heavy (non-hydrogen) atoms. The van der Waals surface area contributed by atoms with Crippen LogP contribution in [0, 0.1) is 0 Å². The summed E-state index contributed by atoms with van der Waals surface area (Å²) < 4.78 is 5.46. The van der Waals surface area contributed by atoms with Gasteiger partial charge in [-0.25, -0.2) is 4.79 Å². The van der Waals surface area contributed by atoms with Gasteiger partial charge < -0.3 is 10.5 Å². The minimum atomic E-state index is -0.512. The summed E-state index contributed by atoms with van der Waals surface area (Å²) in [5.41, 5.74) is 8.79. The zero-order valence-corrected chi connectivity index (χ0v) is 15.8. The van der Waals surface area contributed by atoms with Crippen molar-refractivity contribution in [2.75, 3.05) is 0 Å². The standard InChI is InChI=1S/C22H25NO3/c1-21(2)11-12-22(3,4)18-13-15(7-10-17(18)21)20(25)26-16-8-5-14(6-9-16)19(23)24/h5-10,13H,11-12H2,1-4H3,(H2,23,24). The van der Waals surface area contributed by atoms with Crippen LogP contribution in [0.1, 0.15) is 72.4 Å². The summed E-state index contributed by atoms with van der Waals surface area (Å²) in [6, 6.07) is 12.1. The Morgan fingerprint density at radius 1 is 0.846 bits per heavy atom. The molecule has 2 aromatic carbocycles. The zero-order chi connectivity index (χ0) is 19.1. The van der Waals surface area contributed by atoms with Crippen molar-refractivity contribution in [2.45, 2.75) is 51.4 Å². The number of hydrogen-bond donors (Lipinski definition) is 1. The number of primary amides is 1. The minimum Gasteiger partial charge on any atom is -0.423 e. The Morgan fingerprint density at radius 3 is 1.96 bits per heavy atom. The first-order chi connectivity index (χ1) is 12.1. The van der Waals surface area contributed by atoms with Gasteiger partial charge in [-0.15, -0.1) is 0 Å². The van der Waals surface area contributed by atoms with Gasteiger partial charge in [0.05, 0.1) is 5.56 Å². The van der Waals surface area contributed by atoms with Gasteiger partial charge in [-0.05, 0) is 71.2 Å². The van der Waals surface area contributed by atoms with E-state index < -0.39 is 11.9 Å². The first-order valence-electron chi connectivity index (χ1n) is 8.87. The van der Waals surface area contributed by atoms with Crippen molar-refractivity contribution in [2.24, 2.45) is 5.73 Å². The molecule has 0 saturated carbocycles. The molecule has 0 radical (unpaired) electrons. The normalized spacial score (nSPS) is 17.2. The smallest absolute Gasteiger partial charge is 0.343 e. The van der Waals surface area contributed by atoms with Crippen LogP contribution >= 0.6 is 0 Å². The molecule has 0 saturated heterocycles. The average Bonchev–Trinajstić information content (AvgIpc) is 2.59. The summed E-state index contributed by atoms with van der Waals surface area (Å²) in [7, 11) is 0. The zero-order valence-electron chi connectivity index (χ0n) is 15.8. The van der Waals surface area contributed by atoms with E-state index in [1.54, 1.807) is 24.3 Å². The Labute approximate surface area is 154 Å². The average molecular weight is 351 g/mol. The molecule has 4 heteroatoms. The molecule has 4 nitrogen and oxygen atoms in total. The molecule has 1 amide bonds.